The van der Waals surface area contributed by atoms with E-state index in [4.69, 9.17) is 4.52 Å². The Balaban J connectivity index is 1.88. The Labute approximate surface area is 97.7 Å². The van der Waals surface area contributed by atoms with Gasteiger partial charge in [0.1, 0.15) is 0 Å². The summed E-state index contributed by atoms with van der Waals surface area (Å²) in [5.74, 6) is 1.84. The lowest BCUT2D eigenvalue weighted by molar-refractivity contribution is 0.345. The molecular formula is C11H13N3OS. The minimum Gasteiger partial charge on any atom is -0.339 e. The number of nitrogens with zero attached hydrogens (tertiary/aromatic N) is 2. The van der Waals surface area contributed by atoms with Gasteiger partial charge in [-0.15, -0.1) is 11.3 Å². The Kier molecular flexibility index (Phi) is 2.49. The molecule has 2 aromatic rings. The Hall–Kier alpha value is -1.20. The van der Waals surface area contributed by atoms with Gasteiger partial charge in [0.05, 0.1) is 10.8 Å². The lowest BCUT2D eigenvalue weighted by Gasteiger charge is -2.08. The molecule has 16 heavy (non-hydrogen) atoms. The molecule has 0 bridgehead atoms. The minimum absolute atomic E-state index is 0.362. The van der Waals surface area contributed by atoms with Gasteiger partial charge in [0.2, 0.25) is 11.7 Å². The maximum Gasteiger partial charge on any atom is 0.231 e. The van der Waals surface area contributed by atoms with Crippen LogP contribution in [0.1, 0.15) is 25.2 Å². The van der Waals surface area contributed by atoms with Crippen LogP contribution in [0.2, 0.25) is 0 Å². The van der Waals surface area contributed by atoms with Crippen LogP contribution in [-0.4, -0.2) is 22.7 Å². The van der Waals surface area contributed by atoms with Gasteiger partial charge in [-0.2, -0.15) is 4.98 Å². The molecule has 0 spiro atoms. The molecule has 1 N–H and O–H groups in total. The van der Waals surface area contributed by atoms with Crippen LogP contribution in [0.15, 0.2) is 22.0 Å². The molecule has 0 amide bonds. The maximum absolute atomic E-state index is 5.35. The Morgan fingerprint density at radius 3 is 3.19 bits per heavy atom. The SMILES string of the molecule is CC1NCCC1c1nc(-c2cccs2)no1. The third-order valence-corrected chi connectivity index (χ3v) is 3.89. The average Bonchev–Trinajstić information content (AvgIpc) is 2.96. The minimum atomic E-state index is 0.362. The summed E-state index contributed by atoms with van der Waals surface area (Å²) >= 11 is 1.63. The highest BCUT2D eigenvalue weighted by atomic mass is 32.1. The third-order valence-electron chi connectivity index (χ3n) is 3.03. The monoisotopic (exact) mass is 235 g/mol. The highest BCUT2D eigenvalue weighted by Crippen LogP contribution is 2.29. The van der Waals surface area contributed by atoms with Crippen LogP contribution < -0.4 is 5.32 Å². The Morgan fingerprint density at radius 2 is 2.50 bits per heavy atom. The Morgan fingerprint density at radius 1 is 1.56 bits per heavy atom. The molecule has 5 heteroatoms. The van der Waals surface area contributed by atoms with Gasteiger partial charge in [-0.25, -0.2) is 0 Å². The first-order chi connectivity index (χ1) is 7.84. The summed E-state index contributed by atoms with van der Waals surface area (Å²) in [7, 11) is 0. The molecule has 1 saturated heterocycles. The van der Waals surface area contributed by atoms with Crippen LogP contribution in [0, 0.1) is 0 Å². The summed E-state index contributed by atoms with van der Waals surface area (Å²) < 4.78 is 5.35. The molecule has 0 aliphatic carbocycles. The number of thiophene rings is 1. The molecule has 1 aliphatic heterocycles. The smallest absolute Gasteiger partial charge is 0.231 e. The van der Waals surface area contributed by atoms with Gasteiger partial charge in [0, 0.05) is 6.04 Å². The number of aromatic nitrogens is 2. The van der Waals surface area contributed by atoms with E-state index in [9.17, 15) is 0 Å². The van der Waals surface area contributed by atoms with Crippen LogP contribution in [-0.2, 0) is 0 Å². The van der Waals surface area contributed by atoms with Crippen LogP contribution in [0.4, 0.5) is 0 Å². The van der Waals surface area contributed by atoms with Gasteiger partial charge in [0.25, 0.3) is 0 Å². The first kappa shape index (κ1) is 9.99. The number of nitrogens with one attached hydrogen (secondary N) is 1. The van der Waals surface area contributed by atoms with Crippen LogP contribution in [0.5, 0.6) is 0 Å². The van der Waals surface area contributed by atoms with E-state index in [1.807, 2.05) is 17.5 Å². The van der Waals surface area contributed by atoms with Gasteiger partial charge < -0.3 is 9.84 Å². The normalized spacial score (nSPS) is 25.1. The summed E-state index contributed by atoms with van der Waals surface area (Å²) in [6.45, 7) is 3.19. The van der Waals surface area contributed by atoms with Crippen molar-refractivity contribution in [3.63, 3.8) is 0 Å². The molecule has 3 rings (SSSR count). The van der Waals surface area contributed by atoms with E-state index in [0.29, 0.717) is 17.8 Å². The van der Waals surface area contributed by atoms with Crippen molar-refractivity contribution in [2.45, 2.75) is 25.3 Å². The van der Waals surface area contributed by atoms with Crippen molar-refractivity contribution in [2.24, 2.45) is 0 Å². The molecular weight excluding hydrogens is 222 g/mol. The summed E-state index contributed by atoms with van der Waals surface area (Å²) in [5, 5.41) is 9.44. The molecule has 0 radical (unpaired) electrons. The highest BCUT2D eigenvalue weighted by Gasteiger charge is 2.29. The molecule has 2 atom stereocenters. The lowest BCUT2D eigenvalue weighted by atomic mass is 10.0. The van der Waals surface area contributed by atoms with E-state index in [0.717, 1.165) is 23.7 Å². The van der Waals surface area contributed by atoms with E-state index in [2.05, 4.69) is 22.4 Å². The number of hydrogen-bond donors (Lipinski definition) is 1. The molecule has 0 aromatic carbocycles. The van der Waals surface area contributed by atoms with Gasteiger partial charge in [-0.05, 0) is 31.3 Å². The first-order valence-corrected chi connectivity index (χ1v) is 6.33. The van der Waals surface area contributed by atoms with Gasteiger partial charge in [0.15, 0.2) is 0 Å². The maximum atomic E-state index is 5.35. The van der Waals surface area contributed by atoms with E-state index in [1.165, 1.54) is 0 Å². The summed E-state index contributed by atoms with van der Waals surface area (Å²) in [5.41, 5.74) is 0. The summed E-state index contributed by atoms with van der Waals surface area (Å²) in [4.78, 5) is 5.54. The zero-order valence-corrected chi connectivity index (χ0v) is 9.83. The van der Waals surface area contributed by atoms with Crippen molar-refractivity contribution >= 4 is 11.3 Å². The van der Waals surface area contributed by atoms with Crippen molar-refractivity contribution in [3.8, 4) is 10.7 Å². The van der Waals surface area contributed by atoms with Crippen molar-refractivity contribution < 1.29 is 4.52 Å². The molecule has 1 fully saturated rings. The van der Waals surface area contributed by atoms with E-state index in [-0.39, 0.29) is 0 Å². The van der Waals surface area contributed by atoms with Crippen molar-refractivity contribution in [1.29, 1.82) is 0 Å². The number of hydrogen-bond acceptors (Lipinski definition) is 5. The largest absolute Gasteiger partial charge is 0.339 e. The zero-order chi connectivity index (χ0) is 11.0. The van der Waals surface area contributed by atoms with Gasteiger partial charge in [-0.3, -0.25) is 0 Å². The summed E-state index contributed by atoms with van der Waals surface area (Å²) in [6, 6.07) is 4.43. The van der Waals surface area contributed by atoms with E-state index in [1.54, 1.807) is 11.3 Å². The van der Waals surface area contributed by atoms with Crippen molar-refractivity contribution in [1.82, 2.24) is 15.5 Å². The highest BCUT2D eigenvalue weighted by molar-refractivity contribution is 7.13. The molecule has 1 aliphatic rings. The van der Waals surface area contributed by atoms with Crippen LogP contribution in [0.25, 0.3) is 10.7 Å². The fourth-order valence-corrected chi connectivity index (χ4v) is 2.74. The molecule has 3 heterocycles. The van der Waals surface area contributed by atoms with Crippen molar-refractivity contribution in [2.75, 3.05) is 6.54 Å². The van der Waals surface area contributed by atoms with E-state index >= 15 is 0 Å². The second-order valence-corrected chi connectivity index (χ2v) is 5.02. The summed E-state index contributed by atoms with van der Waals surface area (Å²) in [6.07, 6.45) is 1.08. The molecule has 84 valence electrons. The van der Waals surface area contributed by atoms with Gasteiger partial charge >= 0.3 is 0 Å². The second kappa shape index (κ2) is 3.99. The predicted molar refractivity (Wildman–Crippen MR) is 62.4 cm³/mol. The number of rotatable bonds is 2. The van der Waals surface area contributed by atoms with Crippen LogP contribution in [0.3, 0.4) is 0 Å². The molecule has 0 saturated carbocycles. The first-order valence-electron chi connectivity index (χ1n) is 5.45. The predicted octanol–water partition coefficient (Wildman–Crippen LogP) is 2.26. The Bertz CT molecular complexity index is 465. The quantitative estimate of drug-likeness (QED) is 0.867. The second-order valence-electron chi connectivity index (χ2n) is 4.07. The lowest BCUT2D eigenvalue weighted by Crippen LogP contribution is -2.21. The molecule has 2 unspecified atom stereocenters. The third kappa shape index (κ3) is 1.66. The van der Waals surface area contributed by atoms with Crippen molar-refractivity contribution in [3.05, 3.63) is 23.4 Å². The fourth-order valence-electron chi connectivity index (χ4n) is 2.09. The molecule has 4 nitrogen and oxygen atoms in total. The van der Waals surface area contributed by atoms with E-state index < -0.39 is 0 Å². The molecule has 2 aromatic heterocycles. The fraction of sp³-hybridized carbons (Fsp3) is 0.455. The zero-order valence-electron chi connectivity index (χ0n) is 9.01. The average molecular weight is 235 g/mol. The van der Waals surface area contributed by atoms with Gasteiger partial charge in [-0.1, -0.05) is 11.2 Å². The standard InChI is InChI=1S/C11H13N3OS/c1-7-8(4-5-12-7)11-13-10(14-15-11)9-3-2-6-16-9/h2-3,6-8,12H,4-5H2,1H3. The van der Waals surface area contributed by atoms with Crippen LogP contribution >= 0.6 is 11.3 Å². The topological polar surface area (TPSA) is 51.0 Å².